The lowest BCUT2D eigenvalue weighted by Gasteiger charge is -2.58. The van der Waals surface area contributed by atoms with Gasteiger partial charge in [-0.25, -0.2) is 0 Å². The van der Waals surface area contributed by atoms with E-state index in [1.54, 1.807) is 0 Å². The summed E-state index contributed by atoms with van der Waals surface area (Å²) in [6.45, 7) is 5.49. The Hall–Kier alpha value is -1.06. The van der Waals surface area contributed by atoms with E-state index in [4.69, 9.17) is 10.5 Å². The summed E-state index contributed by atoms with van der Waals surface area (Å²) in [6.07, 6.45) is 4.93. The number of ether oxygens (including phenoxy) is 1. The Kier molecular flexibility index (Phi) is 3.53. The largest absolute Gasteiger partial charge is 0.493 e. The van der Waals surface area contributed by atoms with Gasteiger partial charge in [-0.3, -0.25) is 0 Å². The Morgan fingerprint density at radius 1 is 1.14 bits per heavy atom. The second-order valence-corrected chi connectivity index (χ2v) is 7.33. The van der Waals surface area contributed by atoms with E-state index in [0.717, 1.165) is 37.0 Å². The predicted molar refractivity (Wildman–Crippen MR) is 84.5 cm³/mol. The molecule has 2 aliphatic rings. The zero-order chi connectivity index (χ0) is 15.1. The normalized spacial score (nSPS) is 34.9. The number of hydrogen-bond donors (Lipinski definition) is 2. The molecule has 2 unspecified atom stereocenters. The topological polar surface area (TPSA) is 55.5 Å². The van der Waals surface area contributed by atoms with E-state index >= 15 is 0 Å². The molecule has 0 spiro atoms. The molecular weight excluding hydrogens is 262 g/mol. The molecule has 0 amide bonds. The third kappa shape index (κ3) is 1.94. The van der Waals surface area contributed by atoms with E-state index < -0.39 is 11.0 Å². The Bertz CT molecular complexity index is 528. The van der Waals surface area contributed by atoms with Crippen molar-refractivity contribution in [1.29, 1.82) is 0 Å². The molecule has 2 atom stereocenters. The maximum Gasteiger partial charge on any atom is 0.123 e. The van der Waals surface area contributed by atoms with Crippen LogP contribution >= 0.6 is 0 Å². The maximum absolute atomic E-state index is 11.8. The van der Waals surface area contributed by atoms with E-state index in [1.165, 1.54) is 6.42 Å². The van der Waals surface area contributed by atoms with Crippen LogP contribution in [0.5, 0.6) is 5.75 Å². The predicted octanol–water partition coefficient (Wildman–Crippen LogP) is 3.00. The Balaban J connectivity index is 2.17. The molecule has 116 valence electrons. The minimum absolute atomic E-state index is 0.130. The highest BCUT2D eigenvalue weighted by Crippen LogP contribution is 2.57. The van der Waals surface area contributed by atoms with Gasteiger partial charge in [-0.2, -0.15) is 0 Å². The van der Waals surface area contributed by atoms with Crippen molar-refractivity contribution in [2.24, 2.45) is 11.1 Å². The number of rotatable bonds is 2. The molecular formula is C18H27NO2. The summed E-state index contributed by atoms with van der Waals surface area (Å²) in [5.74, 6) is 0.893. The molecule has 3 rings (SSSR count). The van der Waals surface area contributed by atoms with Gasteiger partial charge in [-0.1, -0.05) is 44.9 Å². The minimum atomic E-state index is -0.771. The fourth-order valence-corrected chi connectivity index (χ4v) is 4.65. The lowest BCUT2D eigenvalue weighted by molar-refractivity contribution is -0.158. The van der Waals surface area contributed by atoms with E-state index in [2.05, 4.69) is 19.9 Å². The van der Waals surface area contributed by atoms with Gasteiger partial charge in [0.2, 0.25) is 0 Å². The number of benzene rings is 1. The van der Waals surface area contributed by atoms with Crippen LogP contribution in [0.2, 0.25) is 0 Å². The third-order valence-corrected chi connectivity index (χ3v) is 6.04. The van der Waals surface area contributed by atoms with Crippen molar-refractivity contribution < 1.29 is 9.84 Å². The quantitative estimate of drug-likeness (QED) is 0.880. The molecule has 21 heavy (non-hydrogen) atoms. The van der Waals surface area contributed by atoms with Crippen molar-refractivity contribution in [3.8, 4) is 5.75 Å². The number of fused-ring (bicyclic) bond motifs is 1. The average molecular weight is 289 g/mol. The lowest BCUT2D eigenvalue weighted by Crippen LogP contribution is -2.65. The number of hydrogen-bond acceptors (Lipinski definition) is 3. The molecule has 1 fully saturated rings. The molecule has 3 N–H and O–H groups in total. The van der Waals surface area contributed by atoms with Gasteiger partial charge in [0, 0.05) is 17.5 Å². The summed E-state index contributed by atoms with van der Waals surface area (Å²) in [6, 6.07) is 8.10. The zero-order valence-electron chi connectivity index (χ0n) is 13.2. The molecule has 0 bridgehead atoms. The average Bonchev–Trinajstić information content (AvgIpc) is 2.49. The summed E-state index contributed by atoms with van der Waals surface area (Å²) in [5.41, 5.74) is 6.07. The van der Waals surface area contributed by atoms with E-state index in [0.29, 0.717) is 13.2 Å². The van der Waals surface area contributed by atoms with Crippen molar-refractivity contribution in [3.63, 3.8) is 0 Å². The van der Waals surface area contributed by atoms with E-state index in [-0.39, 0.29) is 5.41 Å². The SMILES string of the molecule is CC1(C)CCCCC1(O)C1(CN)CCOc2ccccc21. The molecule has 1 aliphatic carbocycles. The zero-order valence-corrected chi connectivity index (χ0v) is 13.2. The fraction of sp³-hybridized carbons (Fsp3) is 0.667. The maximum atomic E-state index is 11.8. The monoisotopic (exact) mass is 289 g/mol. The van der Waals surface area contributed by atoms with Gasteiger partial charge < -0.3 is 15.6 Å². The van der Waals surface area contributed by atoms with Gasteiger partial charge in [0.05, 0.1) is 12.2 Å². The van der Waals surface area contributed by atoms with Crippen LogP contribution in [0.25, 0.3) is 0 Å². The van der Waals surface area contributed by atoms with Crippen LogP contribution in [0.3, 0.4) is 0 Å². The highest BCUT2D eigenvalue weighted by atomic mass is 16.5. The van der Waals surface area contributed by atoms with Gasteiger partial charge in [-0.15, -0.1) is 0 Å². The van der Waals surface area contributed by atoms with E-state index in [1.807, 2.05) is 18.2 Å². The van der Waals surface area contributed by atoms with Gasteiger partial charge in [0.1, 0.15) is 5.75 Å². The summed E-state index contributed by atoms with van der Waals surface area (Å²) >= 11 is 0. The van der Waals surface area contributed by atoms with Crippen LogP contribution in [0.1, 0.15) is 51.5 Å². The third-order valence-electron chi connectivity index (χ3n) is 6.04. The molecule has 3 heteroatoms. The highest BCUT2D eigenvalue weighted by molar-refractivity contribution is 5.45. The Morgan fingerprint density at radius 3 is 2.57 bits per heavy atom. The van der Waals surface area contributed by atoms with Crippen molar-refractivity contribution in [2.45, 2.75) is 57.0 Å². The Morgan fingerprint density at radius 2 is 1.86 bits per heavy atom. The standard InChI is InChI=1S/C18H27NO2/c1-16(2)9-5-6-10-18(16,20)17(13-19)11-12-21-15-8-4-3-7-14(15)17/h3-4,7-8,20H,5-6,9-13,19H2,1-2H3. The molecule has 1 aliphatic heterocycles. The lowest BCUT2D eigenvalue weighted by atomic mass is 9.50. The summed E-state index contributed by atoms with van der Waals surface area (Å²) in [4.78, 5) is 0. The van der Waals surface area contributed by atoms with Gasteiger partial charge in [0.15, 0.2) is 0 Å². The summed E-state index contributed by atoms with van der Waals surface area (Å²) in [7, 11) is 0. The van der Waals surface area contributed by atoms with Crippen LogP contribution in [0.4, 0.5) is 0 Å². The van der Waals surface area contributed by atoms with Crippen molar-refractivity contribution in [3.05, 3.63) is 29.8 Å². The van der Waals surface area contributed by atoms with Crippen molar-refractivity contribution in [1.82, 2.24) is 0 Å². The van der Waals surface area contributed by atoms with Gasteiger partial charge >= 0.3 is 0 Å². The highest BCUT2D eigenvalue weighted by Gasteiger charge is 2.60. The summed E-state index contributed by atoms with van der Waals surface area (Å²) < 4.78 is 5.82. The molecule has 3 nitrogen and oxygen atoms in total. The van der Waals surface area contributed by atoms with Gasteiger partial charge in [-0.05, 0) is 30.7 Å². The first-order valence-corrected chi connectivity index (χ1v) is 8.12. The first-order chi connectivity index (χ1) is 9.97. The van der Waals surface area contributed by atoms with Crippen LogP contribution in [-0.2, 0) is 5.41 Å². The fourth-order valence-electron chi connectivity index (χ4n) is 4.65. The van der Waals surface area contributed by atoms with Crippen LogP contribution in [0.15, 0.2) is 24.3 Å². The second-order valence-electron chi connectivity index (χ2n) is 7.33. The first-order valence-electron chi connectivity index (χ1n) is 8.12. The Labute approximate surface area is 127 Å². The number of nitrogens with two attached hydrogens (primary N) is 1. The van der Waals surface area contributed by atoms with Gasteiger partial charge in [0.25, 0.3) is 0 Å². The second kappa shape index (κ2) is 4.99. The minimum Gasteiger partial charge on any atom is -0.493 e. The number of para-hydroxylation sites is 1. The molecule has 0 saturated heterocycles. The number of aliphatic hydroxyl groups is 1. The van der Waals surface area contributed by atoms with Crippen molar-refractivity contribution >= 4 is 0 Å². The van der Waals surface area contributed by atoms with Crippen molar-refractivity contribution in [2.75, 3.05) is 13.2 Å². The molecule has 0 radical (unpaired) electrons. The molecule has 1 heterocycles. The smallest absolute Gasteiger partial charge is 0.123 e. The van der Waals surface area contributed by atoms with Crippen LogP contribution in [0, 0.1) is 5.41 Å². The van der Waals surface area contributed by atoms with Crippen LogP contribution in [-0.4, -0.2) is 23.9 Å². The molecule has 0 aromatic heterocycles. The molecule has 1 aromatic rings. The molecule has 1 aromatic carbocycles. The molecule has 1 saturated carbocycles. The summed E-state index contributed by atoms with van der Waals surface area (Å²) in [5, 5.41) is 11.8. The first kappa shape index (κ1) is 14.9. The van der Waals surface area contributed by atoms with Crippen LogP contribution < -0.4 is 10.5 Å². The van der Waals surface area contributed by atoms with E-state index in [9.17, 15) is 5.11 Å².